The van der Waals surface area contributed by atoms with Crippen LogP contribution in [0.3, 0.4) is 0 Å². The number of Topliss-reactive ketones (excluding diaryl/α,β-unsaturated/α-hetero) is 1. The molecule has 1 saturated carbocycles. The second-order valence-electron chi connectivity index (χ2n) is 9.30. The first-order chi connectivity index (χ1) is 14.8. The molecule has 6 nitrogen and oxygen atoms in total. The predicted octanol–water partition coefficient (Wildman–Crippen LogP) is 4.65. The van der Waals surface area contributed by atoms with Crippen molar-refractivity contribution in [3.8, 4) is 0 Å². The van der Waals surface area contributed by atoms with Gasteiger partial charge in [0.25, 0.3) is 0 Å². The molecule has 3 N–H and O–H groups in total. The van der Waals surface area contributed by atoms with E-state index in [-0.39, 0.29) is 23.7 Å². The van der Waals surface area contributed by atoms with Crippen molar-refractivity contribution in [2.24, 2.45) is 17.8 Å². The summed E-state index contributed by atoms with van der Waals surface area (Å²) < 4.78 is 0. The molecule has 0 aromatic rings. The van der Waals surface area contributed by atoms with Gasteiger partial charge in [-0.25, -0.2) is 4.79 Å². The third kappa shape index (κ3) is 10.9. The molecule has 0 radical (unpaired) electrons. The maximum atomic E-state index is 12.3. The number of rotatable bonds is 16. The van der Waals surface area contributed by atoms with Crippen molar-refractivity contribution >= 4 is 17.7 Å². The quantitative estimate of drug-likeness (QED) is 0.241. The van der Waals surface area contributed by atoms with Gasteiger partial charge in [-0.3, -0.25) is 9.59 Å². The number of aliphatic carboxylic acids is 1. The average molecular weight is 438 g/mol. The molecule has 0 saturated heterocycles. The summed E-state index contributed by atoms with van der Waals surface area (Å²) in [4.78, 5) is 35.4. The van der Waals surface area contributed by atoms with Gasteiger partial charge in [-0.2, -0.15) is 0 Å². The molecule has 0 aromatic heterocycles. The number of carboxylic acids is 1. The molecule has 0 spiro atoms. The minimum absolute atomic E-state index is 0.0600. The van der Waals surface area contributed by atoms with Crippen LogP contribution in [0, 0.1) is 17.8 Å². The van der Waals surface area contributed by atoms with Crippen LogP contribution in [0.25, 0.3) is 0 Å². The van der Waals surface area contributed by atoms with Gasteiger partial charge < -0.3 is 15.5 Å². The summed E-state index contributed by atoms with van der Waals surface area (Å²) in [6, 6.07) is -0.837. The molecular weight excluding hydrogens is 394 g/mol. The first-order valence-corrected chi connectivity index (χ1v) is 12.2. The van der Waals surface area contributed by atoms with Gasteiger partial charge >= 0.3 is 5.97 Å². The fourth-order valence-electron chi connectivity index (χ4n) is 4.27. The molecule has 178 valence electrons. The van der Waals surface area contributed by atoms with Crippen LogP contribution in [0.15, 0.2) is 12.2 Å². The molecule has 0 aromatic carbocycles. The lowest BCUT2D eigenvalue weighted by Gasteiger charge is -2.18. The Balaban J connectivity index is 2.27. The van der Waals surface area contributed by atoms with Gasteiger partial charge in [0.05, 0.1) is 6.10 Å². The first kappa shape index (κ1) is 27.3. The van der Waals surface area contributed by atoms with Gasteiger partial charge in [0.1, 0.15) is 11.8 Å². The van der Waals surface area contributed by atoms with Crippen molar-refractivity contribution in [3.63, 3.8) is 0 Å². The number of carbonyl (C=O) groups excluding carboxylic acids is 2. The van der Waals surface area contributed by atoms with Gasteiger partial charge in [-0.05, 0) is 37.5 Å². The normalized spacial score (nSPS) is 21.0. The Labute approximate surface area is 187 Å². The molecule has 0 heterocycles. The summed E-state index contributed by atoms with van der Waals surface area (Å²) in [7, 11) is 0. The smallest absolute Gasteiger partial charge is 0.326 e. The highest BCUT2D eigenvalue weighted by Crippen LogP contribution is 2.34. The van der Waals surface area contributed by atoms with E-state index in [1.807, 2.05) is 6.08 Å². The monoisotopic (exact) mass is 437 g/mol. The lowest BCUT2D eigenvalue weighted by molar-refractivity contribution is -0.143. The number of unbranched alkanes of at least 4 members (excludes halogenated alkanes) is 5. The first-order valence-electron chi connectivity index (χ1n) is 12.2. The molecule has 1 fully saturated rings. The number of hydrogen-bond acceptors (Lipinski definition) is 4. The van der Waals surface area contributed by atoms with Crippen molar-refractivity contribution in [2.45, 2.75) is 110 Å². The van der Waals surface area contributed by atoms with E-state index in [1.165, 1.54) is 0 Å². The fraction of sp³-hybridized carbons (Fsp3) is 0.800. The topological polar surface area (TPSA) is 104 Å². The predicted molar refractivity (Wildman–Crippen MR) is 123 cm³/mol. The van der Waals surface area contributed by atoms with Crippen LogP contribution in [0.5, 0.6) is 0 Å². The highest BCUT2D eigenvalue weighted by Gasteiger charge is 2.32. The minimum Gasteiger partial charge on any atom is -0.480 e. The van der Waals surface area contributed by atoms with E-state index in [4.69, 9.17) is 5.11 Å². The lowest BCUT2D eigenvalue weighted by Crippen LogP contribution is -2.44. The molecule has 31 heavy (non-hydrogen) atoms. The van der Waals surface area contributed by atoms with Crippen molar-refractivity contribution in [2.75, 3.05) is 0 Å². The van der Waals surface area contributed by atoms with E-state index in [0.717, 1.165) is 64.2 Å². The van der Waals surface area contributed by atoms with Crippen LogP contribution in [0.2, 0.25) is 0 Å². The van der Waals surface area contributed by atoms with E-state index in [9.17, 15) is 19.5 Å². The number of hydrogen-bond donors (Lipinski definition) is 3. The lowest BCUT2D eigenvalue weighted by atomic mass is 9.89. The van der Waals surface area contributed by atoms with E-state index >= 15 is 0 Å². The van der Waals surface area contributed by atoms with Crippen molar-refractivity contribution in [3.05, 3.63) is 12.2 Å². The van der Waals surface area contributed by atoms with Crippen molar-refractivity contribution < 1.29 is 24.6 Å². The maximum Gasteiger partial charge on any atom is 0.326 e. The molecule has 6 heteroatoms. The van der Waals surface area contributed by atoms with E-state index < -0.39 is 18.1 Å². The Bertz CT molecular complexity index is 586. The Morgan fingerprint density at radius 1 is 1.13 bits per heavy atom. The van der Waals surface area contributed by atoms with E-state index in [0.29, 0.717) is 18.6 Å². The Hall–Kier alpha value is -1.69. The Morgan fingerprint density at radius 3 is 2.48 bits per heavy atom. The van der Waals surface area contributed by atoms with Gasteiger partial charge in [-0.1, -0.05) is 71.4 Å². The highest BCUT2D eigenvalue weighted by atomic mass is 16.4. The van der Waals surface area contributed by atoms with Crippen LogP contribution in [0.1, 0.15) is 97.8 Å². The zero-order valence-electron chi connectivity index (χ0n) is 19.6. The fourth-order valence-corrected chi connectivity index (χ4v) is 4.27. The number of allylic oxidation sites excluding steroid dienone is 1. The second kappa shape index (κ2) is 15.2. The SMILES string of the molecule is CCCCCC(O)C=CC1CCC(=O)C1CCCCCCC(=O)NC(C(=O)O)C(C)C. The van der Waals surface area contributed by atoms with Crippen LogP contribution < -0.4 is 5.32 Å². The molecule has 0 bridgehead atoms. The number of aliphatic hydroxyl groups is 1. The Kier molecular flexibility index (Phi) is 13.4. The average Bonchev–Trinajstić information content (AvgIpc) is 3.06. The van der Waals surface area contributed by atoms with Crippen molar-refractivity contribution in [1.29, 1.82) is 0 Å². The standard InChI is InChI=1S/C25H43NO5/c1-4-5-8-11-20(27)16-14-19-15-17-22(28)21(19)12-9-6-7-10-13-23(29)26-24(18(2)3)25(30)31/h14,16,18-21,24,27H,4-13,15,17H2,1-3H3,(H,26,29)(H,30,31). The molecule has 1 aliphatic carbocycles. The molecule has 1 amide bonds. The number of carboxylic acid groups (broad SMARTS) is 1. The summed E-state index contributed by atoms with van der Waals surface area (Å²) in [5.74, 6) is -0.725. The zero-order chi connectivity index (χ0) is 23.2. The van der Waals surface area contributed by atoms with Gasteiger partial charge in [0.15, 0.2) is 0 Å². The summed E-state index contributed by atoms with van der Waals surface area (Å²) in [5.41, 5.74) is 0. The third-order valence-corrected chi connectivity index (χ3v) is 6.26. The molecular formula is C25H43NO5. The molecule has 0 aliphatic heterocycles. The second-order valence-corrected chi connectivity index (χ2v) is 9.30. The summed E-state index contributed by atoms with van der Waals surface area (Å²) in [6.07, 6.45) is 13.8. The minimum atomic E-state index is -0.998. The number of amides is 1. The number of ketones is 1. The number of carbonyl (C=O) groups is 3. The van der Waals surface area contributed by atoms with Crippen LogP contribution in [0.4, 0.5) is 0 Å². The van der Waals surface area contributed by atoms with Gasteiger partial charge in [-0.15, -0.1) is 0 Å². The number of nitrogens with one attached hydrogen (secondary N) is 1. The van der Waals surface area contributed by atoms with Crippen LogP contribution in [-0.4, -0.2) is 40.0 Å². The highest BCUT2D eigenvalue weighted by molar-refractivity contribution is 5.84. The number of aliphatic hydroxyl groups excluding tert-OH is 1. The summed E-state index contributed by atoms with van der Waals surface area (Å²) in [6.45, 7) is 5.70. The van der Waals surface area contributed by atoms with Gasteiger partial charge in [0.2, 0.25) is 5.91 Å². The van der Waals surface area contributed by atoms with Gasteiger partial charge in [0, 0.05) is 18.8 Å². The van der Waals surface area contributed by atoms with E-state index in [2.05, 4.69) is 18.3 Å². The summed E-state index contributed by atoms with van der Waals surface area (Å²) in [5, 5.41) is 21.8. The maximum absolute atomic E-state index is 12.3. The van der Waals surface area contributed by atoms with Crippen molar-refractivity contribution in [1.82, 2.24) is 5.32 Å². The van der Waals surface area contributed by atoms with Crippen LogP contribution in [-0.2, 0) is 14.4 Å². The molecule has 4 unspecified atom stereocenters. The molecule has 4 atom stereocenters. The zero-order valence-corrected chi connectivity index (χ0v) is 19.6. The van der Waals surface area contributed by atoms with Crippen LogP contribution >= 0.6 is 0 Å². The summed E-state index contributed by atoms with van der Waals surface area (Å²) >= 11 is 0. The molecule has 1 rings (SSSR count). The molecule has 1 aliphatic rings. The Morgan fingerprint density at radius 2 is 1.84 bits per heavy atom. The van der Waals surface area contributed by atoms with E-state index in [1.54, 1.807) is 13.8 Å². The third-order valence-electron chi connectivity index (χ3n) is 6.26. The largest absolute Gasteiger partial charge is 0.480 e.